The van der Waals surface area contributed by atoms with Crippen LogP contribution in [0.1, 0.15) is 35.4 Å². The minimum absolute atomic E-state index is 0.669. The lowest BCUT2D eigenvalue weighted by Gasteiger charge is -2.19. The second-order valence-corrected chi connectivity index (χ2v) is 6.13. The number of nitrogens with zero attached hydrogens (tertiary/aromatic N) is 2. The summed E-state index contributed by atoms with van der Waals surface area (Å²) in [6, 6.07) is 5.65. The van der Waals surface area contributed by atoms with Crippen molar-refractivity contribution in [2.24, 2.45) is 0 Å². The van der Waals surface area contributed by atoms with Gasteiger partial charge in [-0.25, -0.2) is 4.98 Å². The van der Waals surface area contributed by atoms with Crippen LogP contribution in [0.5, 0.6) is 0 Å². The van der Waals surface area contributed by atoms with Crippen LogP contribution in [0, 0.1) is 0 Å². The maximum Gasteiger partial charge on any atom is 0.166 e. The average molecular weight is 260 g/mol. The van der Waals surface area contributed by atoms with Crippen LogP contribution in [0.4, 0.5) is 0 Å². The molecule has 94 valence electrons. The number of thioether (sulfide) groups is 1. The zero-order valence-corrected chi connectivity index (χ0v) is 11.0. The third kappa shape index (κ3) is 2.29. The SMILES string of the molecule is O=Cc1cccc2nc(CC3CCCCS3)cn12. The first-order valence-electron chi connectivity index (χ1n) is 6.40. The molecule has 1 saturated heterocycles. The van der Waals surface area contributed by atoms with Gasteiger partial charge in [0.1, 0.15) is 5.65 Å². The van der Waals surface area contributed by atoms with E-state index in [1.54, 1.807) is 0 Å². The normalized spacial score (nSPS) is 20.1. The predicted octanol–water partition coefficient (Wildman–Crippen LogP) is 2.98. The largest absolute Gasteiger partial charge is 0.297 e. The molecule has 2 aromatic rings. The lowest BCUT2D eigenvalue weighted by atomic mass is 10.1. The summed E-state index contributed by atoms with van der Waals surface area (Å²) in [6.07, 6.45) is 7.89. The van der Waals surface area contributed by atoms with E-state index in [1.165, 1.54) is 25.0 Å². The first-order chi connectivity index (χ1) is 8.86. The molecule has 0 radical (unpaired) electrons. The Kier molecular flexibility index (Phi) is 3.37. The molecule has 1 fully saturated rings. The lowest BCUT2D eigenvalue weighted by molar-refractivity contribution is 0.111. The maximum atomic E-state index is 11.0. The number of aldehydes is 1. The Morgan fingerprint density at radius 1 is 1.44 bits per heavy atom. The molecule has 3 rings (SSSR count). The number of fused-ring (bicyclic) bond motifs is 1. The molecule has 1 atom stereocenters. The third-order valence-corrected chi connectivity index (χ3v) is 4.80. The summed E-state index contributed by atoms with van der Waals surface area (Å²) >= 11 is 2.06. The highest BCUT2D eigenvalue weighted by Crippen LogP contribution is 2.27. The van der Waals surface area contributed by atoms with Gasteiger partial charge < -0.3 is 0 Å². The summed E-state index contributed by atoms with van der Waals surface area (Å²) in [5.74, 6) is 1.28. The van der Waals surface area contributed by atoms with Gasteiger partial charge in [0.05, 0.1) is 11.4 Å². The minimum Gasteiger partial charge on any atom is -0.297 e. The van der Waals surface area contributed by atoms with E-state index in [-0.39, 0.29) is 0 Å². The van der Waals surface area contributed by atoms with Crippen molar-refractivity contribution in [2.75, 3.05) is 5.75 Å². The Bertz CT molecular complexity index is 558. The number of carbonyl (C=O) groups excluding carboxylic acids is 1. The zero-order valence-electron chi connectivity index (χ0n) is 10.2. The van der Waals surface area contributed by atoms with Crippen molar-refractivity contribution >= 4 is 23.7 Å². The molecular weight excluding hydrogens is 244 g/mol. The number of carbonyl (C=O) groups is 1. The van der Waals surface area contributed by atoms with Gasteiger partial charge in [-0.15, -0.1) is 0 Å². The van der Waals surface area contributed by atoms with Crippen molar-refractivity contribution < 1.29 is 4.79 Å². The minimum atomic E-state index is 0.669. The molecule has 1 aliphatic rings. The molecule has 0 N–H and O–H groups in total. The van der Waals surface area contributed by atoms with E-state index in [0.29, 0.717) is 10.9 Å². The number of hydrogen-bond donors (Lipinski definition) is 0. The molecule has 0 bridgehead atoms. The van der Waals surface area contributed by atoms with E-state index in [2.05, 4.69) is 16.7 Å². The average Bonchev–Trinajstić information content (AvgIpc) is 2.82. The number of aromatic nitrogens is 2. The van der Waals surface area contributed by atoms with Crippen molar-refractivity contribution in [3.63, 3.8) is 0 Å². The maximum absolute atomic E-state index is 11.0. The smallest absolute Gasteiger partial charge is 0.166 e. The fourth-order valence-electron chi connectivity index (χ4n) is 2.48. The number of pyridine rings is 1. The van der Waals surface area contributed by atoms with Crippen molar-refractivity contribution in [2.45, 2.75) is 30.9 Å². The second kappa shape index (κ2) is 5.14. The van der Waals surface area contributed by atoms with Crippen molar-refractivity contribution in [3.8, 4) is 0 Å². The lowest BCUT2D eigenvalue weighted by Crippen LogP contribution is -2.12. The molecule has 1 unspecified atom stereocenters. The van der Waals surface area contributed by atoms with E-state index in [9.17, 15) is 4.79 Å². The van der Waals surface area contributed by atoms with Gasteiger partial charge in [0.25, 0.3) is 0 Å². The van der Waals surface area contributed by atoms with Gasteiger partial charge in [-0.05, 0) is 30.7 Å². The molecule has 3 nitrogen and oxygen atoms in total. The predicted molar refractivity (Wildman–Crippen MR) is 74.4 cm³/mol. The highest BCUT2D eigenvalue weighted by Gasteiger charge is 2.16. The second-order valence-electron chi connectivity index (χ2n) is 4.72. The van der Waals surface area contributed by atoms with Crippen LogP contribution in [-0.4, -0.2) is 26.7 Å². The molecular formula is C14H16N2OS. The van der Waals surface area contributed by atoms with Crippen LogP contribution >= 0.6 is 11.8 Å². The van der Waals surface area contributed by atoms with Crippen molar-refractivity contribution in [1.82, 2.24) is 9.38 Å². The van der Waals surface area contributed by atoms with Crippen molar-refractivity contribution in [1.29, 1.82) is 0 Å². The van der Waals surface area contributed by atoms with Gasteiger partial charge in [-0.3, -0.25) is 9.20 Å². The van der Waals surface area contributed by atoms with Crippen LogP contribution in [0.15, 0.2) is 24.4 Å². The Hall–Kier alpha value is -1.29. The first-order valence-corrected chi connectivity index (χ1v) is 7.45. The van der Waals surface area contributed by atoms with Crippen LogP contribution in [-0.2, 0) is 6.42 Å². The quantitative estimate of drug-likeness (QED) is 0.796. The molecule has 18 heavy (non-hydrogen) atoms. The van der Waals surface area contributed by atoms with Crippen molar-refractivity contribution in [3.05, 3.63) is 35.8 Å². The summed E-state index contributed by atoms with van der Waals surface area (Å²) in [5, 5.41) is 0.698. The zero-order chi connectivity index (χ0) is 12.4. The molecule has 0 aromatic carbocycles. The Morgan fingerprint density at radius 2 is 2.39 bits per heavy atom. The Morgan fingerprint density at radius 3 is 3.17 bits per heavy atom. The molecule has 0 amide bonds. The van der Waals surface area contributed by atoms with Crippen LogP contribution in [0.2, 0.25) is 0 Å². The van der Waals surface area contributed by atoms with Crippen LogP contribution in [0.25, 0.3) is 5.65 Å². The molecule has 2 aromatic heterocycles. The third-order valence-electron chi connectivity index (χ3n) is 3.41. The summed E-state index contributed by atoms with van der Waals surface area (Å²) in [4.78, 5) is 15.6. The van der Waals surface area contributed by atoms with E-state index in [4.69, 9.17) is 0 Å². The molecule has 3 heterocycles. The van der Waals surface area contributed by atoms with Gasteiger partial charge in [0.2, 0.25) is 0 Å². The summed E-state index contributed by atoms with van der Waals surface area (Å²) in [5.41, 5.74) is 2.64. The van der Waals surface area contributed by atoms with Gasteiger partial charge in [-0.2, -0.15) is 11.8 Å². The molecule has 0 saturated carbocycles. The first kappa shape index (κ1) is 11.8. The van der Waals surface area contributed by atoms with Gasteiger partial charge in [-0.1, -0.05) is 12.5 Å². The molecule has 0 spiro atoms. The number of hydrogen-bond acceptors (Lipinski definition) is 3. The Balaban J connectivity index is 1.86. The summed E-state index contributed by atoms with van der Waals surface area (Å²) in [6.45, 7) is 0. The van der Waals surface area contributed by atoms with Crippen LogP contribution < -0.4 is 0 Å². The van der Waals surface area contributed by atoms with E-state index in [1.807, 2.05) is 28.8 Å². The highest BCUT2D eigenvalue weighted by molar-refractivity contribution is 7.99. The van der Waals surface area contributed by atoms with E-state index < -0.39 is 0 Å². The van der Waals surface area contributed by atoms with E-state index in [0.717, 1.165) is 24.0 Å². The summed E-state index contributed by atoms with van der Waals surface area (Å²) in [7, 11) is 0. The standard InChI is InChI=1S/C14H16N2OS/c17-10-12-4-3-6-14-15-11(9-16(12)14)8-13-5-1-2-7-18-13/h3-4,6,9-10,13H,1-2,5,7-8H2. The fourth-order valence-corrected chi connectivity index (χ4v) is 3.80. The summed E-state index contributed by atoms with van der Waals surface area (Å²) < 4.78 is 1.88. The fraction of sp³-hybridized carbons (Fsp3) is 0.429. The Labute approximate surface area is 111 Å². The van der Waals surface area contributed by atoms with Gasteiger partial charge >= 0.3 is 0 Å². The topological polar surface area (TPSA) is 34.4 Å². The van der Waals surface area contributed by atoms with Gasteiger partial charge in [0.15, 0.2) is 6.29 Å². The molecule has 1 aliphatic heterocycles. The highest BCUT2D eigenvalue weighted by atomic mass is 32.2. The van der Waals surface area contributed by atoms with Gasteiger partial charge in [0, 0.05) is 17.9 Å². The molecule has 4 heteroatoms. The van der Waals surface area contributed by atoms with Crippen LogP contribution in [0.3, 0.4) is 0 Å². The number of imidazole rings is 1. The molecule has 0 aliphatic carbocycles. The number of rotatable bonds is 3. The monoisotopic (exact) mass is 260 g/mol. The van der Waals surface area contributed by atoms with E-state index >= 15 is 0 Å².